The van der Waals surface area contributed by atoms with Crippen molar-refractivity contribution < 1.29 is 9.63 Å². The summed E-state index contributed by atoms with van der Waals surface area (Å²) in [6.45, 7) is 4.97. The molecule has 0 aliphatic heterocycles. The van der Waals surface area contributed by atoms with E-state index in [2.05, 4.69) is 0 Å². The van der Waals surface area contributed by atoms with Crippen molar-refractivity contribution in [2.45, 2.75) is 13.8 Å². The van der Waals surface area contributed by atoms with Gasteiger partial charge in [-0.3, -0.25) is 9.59 Å². The fourth-order valence-corrected chi connectivity index (χ4v) is 2.25. The summed E-state index contributed by atoms with van der Waals surface area (Å²) in [4.78, 5) is 31.6. The van der Waals surface area contributed by atoms with E-state index in [-0.39, 0.29) is 17.2 Å². The zero-order chi connectivity index (χ0) is 14.7. The van der Waals surface area contributed by atoms with Crippen molar-refractivity contribution in [2.24, 2.45) is 0 Å². The van der Waals surface area contributed by atoms with Crippen molar-refractivity contribution in [3.8, 4) is 0 Å². The summed E-state index contributed by atoms with van der Waals surface area (Å²) < 4.78 is 1.06. The van der Waals surface area contributed by atoms with E-state index in [4.69, 9.17) is 4.84 Å². The average Bonchev–Trinajstić information content (AvgIpc) is 2.48. The SMILES string of the molecule is CCN(CC)C(=O)c1cc2ccccc2c(=O)n1OC. The topological polar surface area (TPSA) is 51.5 Å². The van der Waals surface area contributed by atoms with E-state index >= 15 is 0 Å². The van der Waals surface area contributed by atoms with Gasteiger partial charge in [0.2, 0.25) is 0 Å². The van der Waals surface area contributed by atoms with E-state index in [9.17, 15) is 9.59 Å². The van der Waals surface area contributed by atoms with Gasteiger partial charge in [-0.15, -0.1) is 4.73 Å². The average molecular weight is 274 g/mol. The van der Waals surface area contributed by atoms with E-state index in [1.165, 1.54) is 7.11 Å². The summed E-state index contributed by atoms with van der Waals surface area (Å²) in [5.41, 5.74) is -0.0685. The Labute approximate surface area is 117 Å². The predicted molar refractivity (Wildman–Crippen MR) is 78.0 cm³/mol. The first-order chi connectivity index (χ1) is 9.63. The van der Waals surface area contributed by atoms with E-state index in [1.54, 1.807) is 23.1 Å². The monoisotopic (exact) mass is 274 g/mol. The number of aromatic nitrogens is 1. The van der Waals surface area contributed by atoms with Crippen LogP contribution in [0.1, 0.15) is 24.3 Å². The molecule has 0 N–H and O–H groups in total. The van der Waals surface area contributed by atoms with Gasteiger partial charge in [0.25, 0.3) is 11.5 Å². The standard InChI is InChI=1S/C15H18N2O3/c1-4-16(5-2)15(19)13-10-11-8-6-7-9-12(11)14(18)17(13)20-3/h6-10H,4-5H2,1-3H3. The van der Waals surface area contributed by atoms with Crippen molar-refractivity contribution in [3.05, 3.63) is 46.4 Å². The molecule has 0 fully saturated rings. The molecule has 0 radical (unpaired) electrons. The van der Waals surface area contributed by atoms with Crippen LogP contribution in [0, 0.1) is 0 Å². The molecule has 1 aromatic heterocycles. The third-order valence-electron chi connectivity index (χ3n) is 3.34. The highest BCUT2D eigenvalue weighted by Crippen LogP contribution is 2.13. The Kier molecular flexibility index (Phi) is 4.08. The van der Waals surface area contributed by atoms with Crippen LogP contribution >= 0.6 is 0 Å². The van der Waals surface area contributed by atoms with Gasteiger partial charge in [0.05, 0.1) is 5.39 Å². The third kappa shape index (κ3) is 2.27. The number of fused-ring (bicyclic) bond motifs is 1. The Morgan fingerprint density at radius 3 is 2.50 bits per heavy atom. The van der Waals surface area contributed by atoms with E-state index in [0.29, 0.717) is 18.5 Å². The molecule has 0 unspecified atom stereocenters. The molecule has 0 saturated carbocycles. The van der Waals surface area contributed by atoms with Crippen molar-refractivity contribution in [3.63, 3.8) is 0 Å². The van der Waals surface area contributed by atoms with Crippen LogP contribution in [-0.2, 0) is 0 Å². The summed E-state index contributed by atoms with van der Waals surface area (Å²) in [7, 11) is 1.38. The molecule has 0 spiro atoms. The minimum Gasteiger partial charge on any atom is -0.413 e. The predicted octanol–water partition coefficient (Wildman–Crippen LogP) is 1.54. The Hall–Kier alpha value is -2.30. The number of hydrogen-bond acceptors (Lipinski definition) is 3. The Morgan fingerprint density at radius 2 is 1.90 bits per heavy atom. The Balaban J connectivity index is 2.69. The van der Waals surface area contributed by atoms with Crippen LogP contribution in [-0.4, -0.2) is 35.7 Å². The summed E-state index contributed by atoms with van der Waals surface area (Å²) in [5, 5.41) is 1.27. The molecule has 1 heterocycles. The lowest BCUT2D eigenvalue weighted by Crippen LogP contribution is -2.37. The zero-order valence-electron chi connectivity index (χ0n) is 11.9. The fourth-order valence-electron chi connectivity index (χ4n) is 2.25. The molecule has 0 aliphatic rings. The quantitative estimate of drug-likeness (QED) is 0.850. The number of pyridine rings is 1. The molecule has 2 rings (SSSR count). The van der Waals surface area contributed by atoms with Gasteiger partial charge in [0.1, 0.15) is 12.8 Å². The smallest absolute Gasteiger partial charge is 0.291 e. The number of benzene rings is 1. The molecular formula is C15H18N2O3. The zero-order valence-corrected chi connectivity index (χ0v) is 11.9. The molecule has 0 aliphatic carbocycles. The van der Waals surface area contributed by atoms with Crippen LogP contribution in [0.5, 0.6) is 0 Å². The third-order valence-corrected chi connectivity index (χ3v) is 3.34. The maximum atomic E-state index is 12.5. The Bertz CT molecular complexity index is 687. The number of hydrogen-bond donors (Lipinski definition) is 0. The van der Waals surface area contributed by atoms with E-state index < -0.39 is 0 Å². The molecule has 1 aromatic carbocycles. The highest BCUT2D eigenvalue weighted by Gasteiger charge is 2.19. The maximum absolute atomic E-state index is 12.5. The summed E-state index contributed by atoms with van der Waals surface area (Å²) in [6, 6.07) is 8.86. The first-order valence-corrected chi connectivity index (χ1v) is 6.62. The largest absolute Gasteiger partial charge is 0.413 e. The number of nitrogens with zero attached hydrogens (tertiary/aromatic N) is 2. The van der Waals surface area contributed by atoms with Gasteiger partial charge in [-0.2, -0.15) is 0 Å². The van der Waals surface area contributed by atoms with Crippen LogP contribution in [0.15, 0.2) is 35.1 Å². The second kappa shape index (κ2) is 5.77. The summed E-state index contributed by atoms with van der Waals surface area (Å²) >= 11 is 0. The van der Waals surface area contributed by atoms with Gasteiger partial charge in [0.15, 0.2) is 0 Å². The first-order valence-electron chi connectivity index (χ1n) is 6.62. The first kappa shape index (κ1) is 14.1. The minimum atomic E-state index is -0.318. The lowest BCUT2D eigenvalue weighted by atomic mass is 10.1. The molecule has 5 nitrogen and oxygen atoms in total. The van der Waals surface area contributed by atoms with Crippen molar-refractivity contribution in [2.75, 3.05) is 20.2 Å². The molecular weight excluding hydrogens is 256 g/mol. The molecule has 20 heavy (non-hydrogen) atoms. The number of amides is 1. The molecule has 0 atom stereocenters. The molecule has 5 heteroatoms. The van der Waals surface area contributed by atoms with Crippen LogP contribution in [0.25, 0.3) is 10.8 Å². The van der Waals surface area contributed by atoms with Crippen molar-refractivity contribution in [1.82, 2.24) is 9.63 Å². The lowest BCUT2D eigenvalue weighted by molar-refractivity contribution is 0.0707. The molecule has 0 bridgehead atoms. The summed E-state index contributed by atoms with van der Waals surface area (Å²) in [6.07, 6.45) is 0. The second-order valence-corrected chi connectivity index (χ2v) is 4.38. The number of rotatable bonds is 4. The van der Waals surface area contributed by atoms with Crippen LogP contribution < -0.4 is 10.4 Å². The van der Waals surface area contributed by atoms with Crippen LogP contribution in [0.2, 0.25) is 0 Å². The molecule has 2 aromatic rings. The van der Waals surface area contributed by atoms with Gasteiger partial charge >= 0.3 is 0 Å². The molecule has 1 amide bonds. The highest BCUT2D eigenvalue weighted by atomic mass is 16.7. The molecule has 106 valence electrons. The van der Waals surface area contributed by atoms with Crippen molar-refractivity contribution >= 4 is 16.7 Å². The van der Waals surface area contributed by atoms with E-state index in [1.807, 2.05) is 26.0 Å². The normalized spacial score (nSPS) is 10.6. The van der Waals surface area contributed by atoms with Gasteiger partial charge in [0, 0.05) is 13.1 Å². The Morgan fingerprint density at radius 1 is 1.25 bits per heavy atom. The second-order valence-electron chi connectivity index (χ2n) is 4.38. The van der Waals surface area contributed by atoms with Gasteiger partial charge in [-0.05, 0) is 31.4 Å². The van der Waals surface area contributed by atoms with Crippen LogP contribution in [0.4, 0.5) is 0 Å². The fraction of sp³-hybridized carbons (Fsp3) is 0.333. The van der Waals surface area contributed by atoms with Gasteiger partial charge in [-0.25, -0.2) is 0 Å². The van der Waals surface area contributed by atoms with Gasteiger partial charge < -0.3 is 9.74 Å². The van der Waals surface area contributed by atoms with Crippen molar-refractivity contribution in [1.29, 1.82) is 0 Å². The van der Waals surface area contributed by atoms with Crippen LogP contribution in [0.3, 0.4) is 0 Å². The number of carbonyl (C=O) groups excluding carboxylic acids is 1. The maximum Gasteiger partial charge on any atom is 0.291 e. The highest BCUT2D eigenvalue weighted by molar-refractivity contribution is 5.96. The minimum absolute atomic E-state index is 0.209. The lowest BCUT2D eigenvalue weighted by Gasteiger charge is -2.20. The molecule has 0 saturated heterocycles. The number of carbonyl (C=O) groups is 1. The van der Waals surface area contributed by atoms with E-state index in [0.717, 1.165) is 10.1 Å². The summed E-state index contributed by atoms with van der Waals surface area (Å²) in [5.74, 6) is -0.209. The van der Waals surface area contributed by atoms with Gasteiger partial charge in [-0.1, -0.05) is 18.2 Å².